The maximum Gasteiger partial charge on any atom is 0.239 e. The first-order chi connectivity index (χ1) is 9.56. The van der Waals surface area contributed by atoms with Gasteiger partial charge >= 0.3 is 0 Å². The highest BCUT2D eigenvalue weighted by atomic mass is 32.1. The van der Waals surface area contributed by atoms with Gasteiger partial charge in [0.15, 0.2) is 0 Å². The number of amides is 1. The number of benzene rings is 1. The van der Waals surface area contributed by atoms with Gasteiger partial charge in [0.1, 0.15) is 0 Å². The Morgan fingerprint density at radius 2 is 1.95 bits per heavy atom. The van der Waals surface area contributed by atoms with Crippen molar-refractivity contribution in [2.75, 3.05) is 11.9 Å². The lowest BCUT2D eigenvalue weighted by Crippen LogP contribution is -2.32. The zero-order valence-electron chi connectivity index (χ0n) is 12.1. The van der Waals surface area contributed by atoms with Gasteiger partial charge in [0.2, 0.25) is 5.91 Å². The van der Waals surface area contributed by atoms with Crippen LogP contribution in [0.15, 0.2) is 36.4 Å². The Hall–Kier alpha value is -1.81. The van der Waals surface area contributed by atoms with Crippen molar-refractivity contribution in [2.45, 2.75) is 26.8 Å². The fraction of sp³-hybridized carbons (Fsp3) is 0.312. The van der Waals surface area contributed by atoms with E-state index in [2.05, 4.69) is 30.5 Å². The highest BCUT2D eigenvalue weighted by Gasteiger charge is 2.13. The van der Waals surface area contributed by atoms with Crippen molar-refractivity contribution in [3.05, 3.63) is 51.7 Å². The van der Waals surface area contributed by atoms with Gasteiger partial charge in [0.05, 0.1) is 12.6 Å². The fourth-order valence-corrected chi connectivity index (χ4v) is 3.21. The molecule has 0 aliphatic heterocycles. The Morgan fingerprint density at radius 3 is 2.55 bits per heavy atom. The number of carbonyl (C=O) groups excluding carboxylic acids is 1. The van der Waals surface area contributed by atoms with Crippen LogP contribution >= 0.6 is 11.3 Å². The summed E-state index contributed by atoms with van der Waals surface area (Å²) < 4.78 is 0. The minimum Gasteiger partial charge on any atom is -0.376 e. The van der Waals surface area contributed by atoms with E-state index in [0.29, 0.717) is 0 Å². The van der Waals surface area contributed by atoms with E-state index in [1.54, 1.807) is 11.3 Å². The minimum atomic E-state index is 0.00426. The number of rotatable bonds is 5. The van der Waals surface area contributed by atoms with Gasteiger partial charge in [-0.1, -0.05) is 18.2 Å². The first kappa shape index (κ1) is 14.6. The van der Waals surface area contributed by atoms with E-state index in [9.17, 15) is 4.79 Å². The number of hydrogen-bond acceptors (Lipinski definition) is 3. The second kappa shape index (κ2) is 6.57. The third-order valence-corrected chi connectivity index (χ3v) is 4.13. The molecule has 2 N–H and O–H groups in total. The third-order valence-electron chi connectivity index (χ3n) is 3.15. The van der Waals surface area contributed by atoms with Crippen LogP contribution in [0.4, 0.5) is 5.69 Å². The minimum absolute atomic E-state index is 0.00426. The molecule has 0 bridgehead atoms. The van der Waals surface area contributed by atoms with Gasteiger partial charge in [-0.3, -0.25) is 4.79 Å². The van der Waals surface area contributed by atoms with Crippen molar-refractivity contribution in [3.8, 4) is 0 Å². The van der Waals surface area contributed by atoms with Gasteiger partial charge in [-0.05, 0) is 44.5 Å². The van der Waals surface area contributed by atoms with Gasteiger partial charge in [0, 0.05) is 15.4 Å². The van der Waals surface area contributed by atoms with E-state index in [1.807, 2.05) is 37.3 Å². The summed E-state index contributed by atoms with van der Waals surface area (Å²) in [5, 5.41) is 6.14. The average molecular weight is 288 g/mol. The van der Waals surface area contributed by atoms with E-state index in [0.717, 1.165) is 5.69 Å². The van der Waals surface area contributed by atoms with E-state index in [4.69, 9.17) is 0 Å². The summed E-state index contributed by atoms with van der Waals surface area (Å²) in [6.45, 7) is 6.50. The van der Waals surface area contributed by atoms with E-state index in [-0.39, 0.29) is 18.5 Å². The maximum absolute atomic E-state index is 11.9. The van der Waals surface area contributed by atoms with Crippen molar-refractivity contribution in [3.63, 3.8) is 0 Å². The number of nitrogens with one attached hydrogen (secondary N) is 2. The molecular formula is C16H20N2OS. The van der Waals surface area contributed by atoms with Crippen molar-refractivity contribution in [1.82, 2.24) is 5.32 Å². The lowest BCUT2D eigenvalue weighted by Gasteiger charge is -2.14. The molecule has 106 valence electrons. The van der Waals surface area contributed by atoms with Crippen LogP contribution in [0.1, 0.15) is 28.3 Å². The third kappa shape index (κ3) is 3.84. The Bertz CT molecular complexity index is 577. The number of aryl methyl sites for hydroxylation is 2. The summed E-state index contributed by atoms with van der Waals surface area (Å²) >= 11 is 1.77. The molecule has 2 aromatic rings. The molecule has 1 amide bonds. The first-order valence-corrected chi connectivity index (χ1v) is 7.53. The van der Waals surface area contributed by atoms with E-state index >= 15 is 0 Å². The van der Waals surface area contributed by atoms with Gasteiger partial charge in [-0.15, -0.1) is 11.3 Å². The van der Waals surface area contributed by atoms with Gasteiger partial charge in [-0.2, -0.15) is 0 Å². The molecule has 0 aliphatic carbocycles. The molecule has 1 unspecified atom stereocenters. The summed E-state index contributed by atoms with van der Waals surface area (Å²) in [7, 11) is 0. The summed E-state index contributed by atoms with van der Waals surface area (Å²) in [6, 6.07) is 11.9. The van der Waals surface area contributed by atoms with E-state index < -0.39 is 0 Å². The second-order valence-corrected chi connectivity index (χ2v) is 6.34. The Labute approximate surface area is 124 Å². The monoisotopic (exact) mass is 288 g/mol. The molecule has 0 aliphatic rings. The van der Waals surface area contributed by atoms with Crippen molar-refractivity contribution in [2.24, 2.45) is 0 Å². The lowest BCUT2D eigenvalue weighted by atomic mass is 10.1. The highest BCUT2D eigenvalue weighted by Crippen LogP contribution is 2.25. The molecule has 1 aromatic carbocycles. The van der Waals surface area contributed by atoms with Crippen LogP contribution in [0.5, 0.6) is 0 Å². The quantitative estimate of drug-likeness (QED) is 0.881. The standard InChI is InChI=1S/C16H20N2OS/c1-11-9-15(13(3)20-11)12(2)18-16(19)10-17-14-7-5-4-6-8-14/h4-9,12,17H,10H2,1-3H3,(H,18,19). The summed E-state index contributed by atoms with van der Waals surface area (Å²) in [6.07, 6.45) is 0. The van der Waals surface area contributed by atoms with Gasteiger partial charge in [0.25, 0.3) is 0 Å². The molecule has 1 heterocycles. The smallest absolute Gasteiger partial charge is 0.239 e. The van der Waals surface area contributed by atoms with E-state index in [1.165, 1.54) is 15.3 Å². The van der Waals surface area contributed by atoms with Crippen LogP contribution < -0.4 is 10.6 Å². The van der Waals surface area contributed by atoms with Crippen LogP contribution in [-0.4, -0.2) is 12.5 Å². The predicted octanol–water partition coefficient (Wildman–Crippen LogP) is 3.65. The molecule has 1 atom stereocenters. The lowest BCUT2D eigenvalue weighted by molar-refractivity contribution is -0.120. The Balaban J connectivity index is 1.87. The SMILES string of the molecule is Cc1cc(C(C)NC(=O)CNc2ccccc2)c(C)s1. The van der Waals surface area contributed by atoms with Gasteiger partial charge < -0.3 is 10.6 Å². The Kier molecular flexibility index (Phi) is 4.79. The van der Waals surface area contributed by atoms with Gasteiger partial charge in [-0.25, -0.2) is 0 Å². The molecule has 1 aromatic heterocycles. The number of anilines is 1. The number of thiophene rings is 1. The molecule has 0 spiro atoms. The second-order valence-electron chi connectivity index (χ2n) is 4.88. The highest BCUT2D eigenvalue weighted by molar-refractivity contribution is 7.12. The molecule has 2 rings (SSSR count). The summed E-state index contributed by atoms with van der Waals surface area (Å²) in [4.78, 5) is 14.5. The van der Waals surface area contributed by atoms with Crippen LogP contribution in [0.3, 0.4) is 0 Å². The summed E-state index contributed by atoms with van der Waals surface area (Å²) in [5.41, 5.74) is 2.17. The van der Waals surface area contributed by atoms with Crippen LogP contribution in [0, 0.1) is 13.8 Å². The molecule has 0 saturated carbocycles. The number of carbonyl (C=O) groups is 1. The largest absolute Gasteiger partial charge is 0.376 e. The first-order valence-electron chi connectivity index (χ1n) is 6.71. The number of hydrogen-bond donors (Lipinski definition) is 2. The molecule has 0 saturated heterocycles. The van der Waals surface area contributed by atoms with Crippen molar-refractivity contribution >= 4 is 22.9 Å². The van der Waals surface area contributed by atoms with Crippen LogP contribution in [0.25, 0.3) is 0 Å². The van der Waals surface area contributed by atoms with Crippen LogP contribution in [0.2, 0.25) is 0 Å². The molecule has 20 heavy (non-hydrogen) atoms. The van der Waals surface area contributed by atoms with Crippen molar-refractivity contribution < 1.29 is 4.79 Å². The molecule has 3 nitrogen and oxygen atoms in total. The zero-order chi connectivity index (χ0) is 14.5. The van der Waals surface area contributed by atoms with Crippen LogP contribution in [-0.2, 0) is 4.79 Å². The number of para-hydroxylation sites is 1. The average Bonchev–Trinajstić information content (AvgIpc) is 2.77. The topological polar surface area (TPSA) is 41.1 Å². The molecule has 4 heteroatoms. The fourth-order valence-electron chi connectivity index (χ4n) is 2.19. The normalized spacial score (nSPS) is 11.9. The zero-order valence-corrected chi connectivity index (χ0v) is 12.9. The molecule has 0 fully saturated rings. The molecule has 0 radical (unpaired) electrons. The van der Waals surface area contributed by atoms with Crippen molar-refractivity contribution in [1.29, 1.82) is 0 Å². The summed E-state index contributed by atoms with van der Waals surface area (Å²) in [5.74, 6) is 0.00426. The Morgan fingerprint density at radius 1 is 1.25 bits per heavy atom. The maximum atomic E-state index is 11.9. The molecular weight excluding hydrogens is 268 g/mol. The predicted molar refractivity (Wildman–Crippen MR) is 85.3 cm³/mol.